The van der Waals surface area contributed by atoms with Crippen molar-refractivity contribution in [3.8, 4) is 0 Å². The standard InChI is InChI=1S/C26H24FN3O/c1-2-18-9-13-22(14-10-18)29-17-20(15-25(29)31)26-28-23-5-3-4-6-24(23)30(26)16-19-7-11-21(27)12-8-19/h3-14,20H,2,15-17H2,1H3/t20-/m0/s1. The van der Waals surface area contributed by atoms with Crippen LogP contribution in [0.1, 0.15) is 36.2 Å². The molecule has 1 atom stereocenters. The number of aromatic nitrogens is 2. The molecule has 1 saturated heterocycles. The second kappa shape index (κ2) is 7.99. The number of hydrogen-bond donors (Lipinski definition) is 0. The van der Waals surface area contributed by atoms with E-state index in [2.05, 4.69) is 23.6 Å². The lowest BCUT2D eigenvalue weighted by molar-refractivity contribution is -0.117. The predicted molar refractivity (Wildman–Crippen MR) is 121 cm³/mol. The molecule has 3 aromatic carbocycles. The van der Waals surface area contributed by atoms with E-state index in [0.29, 0.717) is 19.5 Å². The second-order valence-corrected chi connectivity index (χ2v) is 8.10. The summed E-state index contributed by atoms with van der Waals surface area (Å²) in [7, 11) is 0. The fourth-order valence-electron chi connectivity index (χ4n) is 4.39. The van der Waals surface area contributed by atoms with Crippen LogP contribution in [0.25, 0.3) is 11.0 Å². The number of fused-ring (bicyclic) bond motifs is 1. The number of halogens is 1. The van der Waals surface area contributed by atoms with Crippen molar-refractivity contribution in [3.63, 3.8) is 0 Å². The monoisotopic (exact) mass is 413 g/mol. The SMILES string of the molecule is CCc1ccc(N2C[C@@H](c3nc4ccccc4n3Cc3ccc(F)cc3)CC2=O)cc1. The molecule has 31 heavy (non-hydrogen) atoms. The molecule has 0 N–H and O–H groups in total. The van der Waals surface area contributed by atoms with Gasteiger partial charge in [-0.25, -0.2) is 9.37 Å². The molecule has 1 amide bonds. The van der Waals surface area contributed by atoms with Crippen molar-refractivity contribution in [2.24, 2.45) is 0 Å². The number of rotatable bonds is 5. The smallest absolute Gasteiger partial charge is 0.227 e. The zero-order chi connectivity index (χ0) is 21.4. The molecular weight excluding hydrogens is 389 g/mol. The molecule has 0 aliphatic carbocycles. The summed E-state index contributed by atoms with van der Waals surface area (Å²) in [5.41, 5.74) is 5.14. The highest BCUT2D eigenvalue weighted by atomic mass is 19.1. The average Bonchev–Trinajstić information content (AvgIpc) is 3.36. The van der Waals surface area contributed by atoms with E-state index in [1.54, 1.807) is 12.1 Å². The lowest BCUT2D eigenvalue weighted by Gasteiger charge is -2.18. The Morgan fingerprint density at radius 1 is 0.968 bits per heavy atom. The molecular formula is C26H24FN3O. The van der Waals surface area contributed by atoms with E-state index < -0.39 is 0 Å². The summed E-state index contributed by atoms with van der Waals surface area (Å²) < 4.78 is 15.5. The normalized spacial score (nSPS) is 16.4. The molecule has 0 saturated carbocycles. The van der Waals surface area contributed by atoms with Gasteiger partial charge in [0, 0.05) is 31.1 Å². The van der Waals surface area contributed by atoms with E-state index in [0.717, 1.165) is 34.5 Å². The first kappa shape index (κ1) is 19.5. The third kappa shape index (κ3) is 3.72. The first-order valence-corrected chi connectivity index (χ1v) is 10.7. The summed E-state index contributed by atoms with van der Waals surface area (Å²) in [5.74, 6) is 0.790. The number of imidazole rings is 1. The fourth-order valence-corrected chi connectivity index (χ4v) is 4.39. The van der Waals surface area contributed by atoms with Gasteiger partial charge in [0.25, 0.3) is 0 Å². The van der Waals surface area contributed by atoms with Crippen LogP contribution in [-0.2, 0) is 17.8 Å². The molecule has 2 heterocycles. The number of para-hydroxylation sites is 2. The van der Waals surface area contributed by atoms with Crippen LogP contribution in [0.2, 0.25) is 0 Å². The minimum absolute atomic E-state index is 0.00574. The van der Waals surface area contributed by atoms with Gasteiger partial charge in [0.2, 0.25) is 5.91 Å². The quantitative estimate of drug-likeness (QED) is 0.445. The molecule has 1 aromatic heterocycles. The zero-order valence-corrected chi connectivity index (χ0v) is 17.5. The molecule has 5 rings (SSSR count). The van der Waals surface area contributed by atoms with Gasteiger partial charge in [-0.2, -0.15) is 0 Å². The summed E-state index contributed by atoms with van der Waals surface area (Å²) in [4.78, 5) is 19.7. The minimum atomic E-state index is -0.245. The van der Waals surface area contributed by atoms with E-state index >= 15 is 0 Å². The number of amides is 1. The highest BCUT2D eigenvalue weighted by molar-refractivity contribution is 5.96. The number of hydrogen-bond acceptors (Lipinski definition) is 2. The van der Waals surface area contributed by atoms with Crippen LogP contribution in [0.15, 0.2) is 72.8 Å². The first-order chi connectivity index (χ1) is 15.1. The van der Waals surface area contributed by atoms with Crippen molar-refractivity contribution in [2.45, 2.75) is 32.2 Å². The molecule has 156 valence electrons. The maximum absolute atomic E-state index is 13.4. The molecule has 0 unspecified atom stereocenters. The highest BCUT2D eigenvalue weighted by Gasteiger charge is 2.34. The third-order valence-corrected chi connectivity index (χ3v) is 6.08. The lowest BCUT2D eigenvalue weighted by Crippen LogP contribution is -2.24. The Hall–Kier alpha value is -3.47. The summed E-state index contributed by atoms with van der Waals surface area (Å²) in [6, 6.07) is 22.8. The molecule has 4 aromatic rings. The molecule has 1 fully saturated rings. The summed E-state index contributed by atoms with van der Waals surface area (Å²) in [6.45, 7) is 3.32. The summed E-state index contributed by atoms with van der Waals surface area (Å²) >= 11 is 0. The Bertz CT molecular complexity index is 1230. The van der Waals surface area contributed by atoms with E-state index in [9.17, 15) is 9.18 Å². The van der Waals surface area contributed by atoms with Gasteiger partial charge in [0.15, 0.2) is 0 Å². The molecule has 1 aliphatic heterocycles. The van der Waals surface area contributed by atoms with Crippen molar-refractivity contribution >= 4 is 22.6 Å². The number of carbonyl (C=O) groups excluding carboxylic acids is 1. The van der Waals surface area contributed by atoms with Gasteiger partial charge >= 0.3 is 0 Å². The van der Waals surface area contributed by atoms with Crippen molar-refractivity contribution < 1.29 is 9.18 Å². The van der Waals surface area contributed by atoms with Crippen molar-refractivity contribution in [3.05, 3.63) is 95.6 Å². The number of anilines is 1. The van der Waals surface area contributed by atoms with Crippen molar-refractivity contribution in [1.82, 2.24) is 9.55 Å². The first-order valence-electron chi connectivity index (χ1n) is 10.7. The topological polar surface area (TPSA) is 38.1 Å². The van der Waals surface area contributed by atoms with Gasteiger partial charge in [-0.3, -0.25) is 4.79 Å². The van der Waals surface area contributed by atoms with Gasteiger partial charge in [-0.05, 0) is 53.9 Å². The van der Waals surface area contributed by atoms with Crippen LogP contribution in [0.3, 0.4) is 0 Å². The Kier molecular flexibility index (Phi) is 5.02. The van der Waals surface area contributed by atoms with Crippen LogP contribution >= 0.6 is 0 Å². The van der Waals surface area contributed by atoms with Gasteiger partial charge in [-0.15, -0.1) is 0 Å². The lowest BCUT2D eigenvalue weighted by atomic mass is 10.1. The minimum Gasteiger partial charge on any atom is -0.323 e. The van der Waals surface area contributed by atoms with Gasteiger partial charge < -0.3 is 9.47 Å². The van der Waals surface area contributed by atoms with Crippen LogP contribution in [0, 0.1) is 5.82 Å². The maximum atomic E-state index is 13.4. The van der Waals surface area contributed by atoms with Gasteiger partial charge in [0.05, 0.1) is 11.0 Å². The van der Waals surface area contributed by atoms with Crippen molar-refractivity contribution in [1.29, 1.82) is 0 Å². The molecule has 0 spiro atoms. The van der Waals surface area contributed by atoms with E-state index in [-0.39, 0.29) is 17.6 Å². The average molecular weight is 413 g/mol. The summed E-state index contributed by atoms with van der Waals surface area (Å²) in [6.07, 6.45) is 1.41. The molecule has 0 bridgehead atoms. The second-order valence-electron chi connectivity index (χ2n) is 8.10. The number of aryl methyl sites for hydroxylation is 1. The zero-order valence-electron chi connectivity index (χ0n) is 17.5. The van der Waals surface area contributed by atoms with Crippen LogP contribution in [0.4, 0.5) is 10.1 Å². The van der Waals surface area contributed by atoms with Gasteiger partial charge in [0.1, 0.15) is 11.6 Å². The fraction of sp³-hybridized carbons (Fsp3) is 0.231. The van der Waals surface area contributed by atoms with E-state index in [1.165, 1.54) is 17.7 Å². The Morgan fingerprint density at radius 3 is 2.42 bits per heavy atom. The largest absolute Gasteiger partial charge is 0.323 e. The molecule has 5 heteroatoms. The Labute approximate surface area is 181 Å². The molecule has 0 radical (unpaired) electrons. The van der Waals surface area contributed by atoms with E-state index in [4.69, 9.17) is 4.98 Å². The Balaban J connectivity index is 1.49. The van der Waals surface area contributed by atoms with Crippen LogP contribution in [0.5, 0.6) is 0 Å². The Morgan fingerprint density at radius 2 is 1.68 bits per heavy atom. The van der Waals surface area contributed by atoms with E-state index in [1.807, 2.05) is 41.3 Å². The number of benzene rings is 3. The third-order valence-electron chi connectivity index (χ3n) is 6.08. The summed E-state index contributed by atoms with van der Waals surface area (Å²) in [5, 5.41) is 0. The molecule has 1 aliphatic rings. The number of nitrogens with zero attached hydrogens (tertiary/aromatic N) is 3. The maximum Gasteiger partial charge on any atom is 0.227 e. The highest BCUT2D eigenvalue weighted by Crippen LogP contribution is 2.33. The number of carbonyl (C=O) groups is 1. The van der Waals surface area contributed by atoms with Crippen molar-refractivity contribution in [2.75, 3.05) is 11.4 Å². The van der Waals surface area contributed by atoms with Crippen LogP contribution in [-0.4, -0.2) is 22.0 Å². The van der Waals surface area contributed by atoms with Crippen LogP contribution < -0.4 is 4.90 Å². The van der Waals surface area contributed by atoms with Gasteiger partial charge in [-0.1, -0.05) is 43.3 Å². The predicted octanol–water partition coefficient (Wildman–Crippen LogP) is 5.31. The molecule has 4 nitrogen and oxygen atoms in total.